The van der Waals surface area contributed by atoms with Crippen LogP contribution in [0, 0.1) is 0 Å². The van der Waals surface area contributed by atoms with Crippen molar-refractivity contribution in [3.05, 3.63) is 36.9 Å². The Morgan fingerprint density at radius 3 is 2.37 bits per heavy atom. The first-order valence-corrected chi connectivity index (χ1v) is 7.09. The van der Waals surface area contributed by atoms with E-state index in [1.165, 1.54) is 24.8 Å². The first kappa shape index (κ1) is 13.2. The molecule has 0 aliphatic rings. The quantitative estimate of drug-likeness (QED) is 0.850. The van der Waals surface area contributed by atoms with Crippen LogP contribution in [-0.2, 0) is 10.0 Å². The molecule has 0 bridgehead atoms. The number of sulfonamides is 1. The summed E-state index contributed by atoms with van der Waals surface area (Å²) in [5.41, 5.74) is 0.436. The molecule has 2 heterocycles. The van der Waals surface area contributed by atoms with E-state index in [1.807, 2.05) is 6.92 Å². The maximum absolute atomic E-state index is 12.0. The van der Waals surface area contributed by atoms with Crippen molar-refractivity contribution in [1.82, 2.24) is 15.0 Å². The van der Waals surface area contributed by atoms with Crippen molar-refractivity contribution in [2.24, 2.45) is 0 Å². The smallest absolute Gasteiger partial charge is 0.264 e. The minimum absolute atomic E-state index is 0.00552. The van der Waals surface area contributed by atoms with Crippen LogP contribution in [0.5, 0.6) is 0 Å². The molecule has 100 valence electrons. The third kappa shape index (κ3) is 3.38. The second-order valence-electron chi connectivity index (χ2n) is 3.61. The van der Waals surface area contributed by atoms with Gasteiger partial charge in [-0.2, -0.15) is 0 Å². The summed E-state index contributed by atoms with van der Waals surface area (Å²) in [5.74, 6) is 0.394. The van der Waals surface area contributed by atoms with Crippen molar-refractivity contribution in [1.29, 1.82) is 0 Å². The molecule has 0 fully saturated rings. The summed E-state index contributed by atoms with van der Waals surface area (Å²) < 4.78 is 26.5. The van der Waals surface area contributed by atoms with Crippen molar-refractivity contribution in [2.75, 3.05) is 16.6 Å². The normalized spacial score (nSPS) is 11.0. The number of nitrogens with zero attached hydrogens (tertiary/aromatic N) is 3. The Bertz CT molecular complexity index is 628. The van der Waals surface area contributed by atoms with Gasteiger partial charge in [-0.3, -0.25) is 9.71 Å². The number of hydrogen-bond acceptors (Lipinski definition) is 6. The van der Waals surface area contributed by atoms with Gasteiger partial charge in [-0.1, -0.05) is 0 Å². The lowest BCUT2D eigenvalue weighted by atomic mass is 10.4. The largest absolute Gasteiger partial charge is 0.355 e. The molecule has 0 aliphatic heterocycles. The van der Waals surface area contributed by atoms with Crippen molar-refractivity contribution in [3.8, 4) is 0 Å². The van der Waals surface area contributed by atoms with Crippen LogP contribution in [0.1, 0.15) is 6.92 Å². The second kappa shape index (κ2) is 5.61. The van der Waals surface area contributed by atoms with Crippen LogP contribution in [0.4, 0.5) is 11.6 Å². The van der Waals surface area contributed by atoms with Gasteiger partial charge in [0.15, 0.2) is 0 Å². The summed E-state index contributed by atoms with van der Waals surface area (Å²) in [6.45, 7) is 2.57. The molecule has 0 atom stereocenters. The van der Waals surface area contributed by atoms with E-state index in [0.29, 0.717) is 18.2 Å². The fourth-order valence-corrected chi connectivity index (χ4v) is 2.29. The fraction of sp³-hybridized carbons (Fsp3) is 0.182. The number of anilines is 2. The van der Waals surface area contributed by atoms with Crippen LogP contribution in [-0.4, -0.2) is 29.9 Å². The minimum Gasteiger partial charge on any atom is -0.355 e. The van der Waals surface area contributed by atoms with Crippen LogP contribution in [0.25, 0.3) is 0 Å². The third-order valence-electron chi connectivity index (χ3n) is 2.21. The minimum atomic E-state index is -3.68. The maximum atomic E-state index is 12.0. The SMILES string of the molecule is CCNc1ncc(S(=O)(=O)Nc2ccncc2)cn1. The molecule has 0 aromatic carbocycles. The second-order valence-corrected chi connectivity index (χ2v) is 5.30. The van der Waals surface area contributed by atoms with Crippen LogP contribution in [0.15, 0.2) is 41.8 Å². The molecular weight excluding hydrogens is 266 g/mol. The summed E-state index contributed by atoms with van der Waals surface area (Å²) in [6, 6.07) is 3.12. The Morgan fingerprint density at radius 2 is 1.79 bits per heavy atom. The van der Waals surface area contributed by atoms with Gasteiger partial charge >= 0.3 is 0 Å². The van der Waals surface area contributed by atoms with Gasteiger partial charge in [0, 0.05) is 18.9 Å². The van der Waals surface area contributed by atoms with Gasteiger partial charge in [0.05, 0.1) is 18.1 Å². The third-order valence-corrected chi connectivity index (χ3v) is 3.54. The number of hydrogen-bond donors (Lipinski definition) is 2. The highest BCUT2D eigenvalue weighted by Gasteiger charge is 2.15. The first-order chi connectivity index (χ1) is 9.12. The van der Waals surface area contributed by atoms with Crippen molar-refractivity contribution in [3.63, 3.8) is 0 Å². The van der Waals surface area contributed by atoms with Crippen LogP contribution < -0.4 is 10.0 Å². The molecule has 0 saturated heterocycles. The zero-order valence-corrected chi connectivity index (χ0v) is 11.1. The van der Waals surface area contributed by atoms with Gasteiger partial charge in [-0.15, -0.1) is 0 Å². The van der Waals surface area contributed by atoms with Gasteiger partial charge in [-0.05, 0) is 19.1 Å². The Labute approximate surface area is 111 Å². The van der Waals surface area contributed by atoms with E-state index in [0.717, 1.165) is 0 Å². The Kier molecular flexibility index (Phi) is 3.91. The van der Waals surface area contributed by atoms with Crippen LogP contribution >= 0.6 is 0 Å². The van der Waals surface area contributed by atoms with E-state index in [4.69, 9.17) is 0 Å². The van der Waals surface area contributed by atoms with E-state index in [-0.39, 0.29) is 4.90 Å². The van der Waals surface area contributed by atoms with E-state index < -0.39 is 10.0 Å². The molecule has 0 amide bonds. The highest BCUT2D eigenvalue weighted by atomic mass is 32.2. The molecule has 2 aromatic rings. The van der Waals surface area contributed by atoms with Crippen LogP contribution in [0.2, 0.25) is 0 Å². The molecule has 2 N–H and O–H groups in total. The number of aromatic nitrogens is 3. The maximum Gasteiger partial charge on any atom is 0.264 e. The van der Waals surface area contributed by atoms with Crippen LogP contribution in [0.3, 0.4) is 0 Å². The molecule has 0 spiro atoms. The van der Waals surface area contributed by atoms with Gasteiger partial charge in [0.1, 0.15) is 4.90 Å². The van der Waals surface area contributed by atoms with Gasteiger partial charge in [0.25, 0.3) is 10.0 Å². The standard InChI is InChI=1S/C11H13N5O2S/c1-2-13-11-14-7-10(8-15-11)19(17,18)16-9-3-5-12-6-4-9/h3-8H,2H2,1H3,(H,12,16)(H,13,14,15). The number of rotatable bonds is 5. The van der Waals surface area contributed by atoms with Gasteiger partial charge in [0.2, 0.25) is 5.95 Å². The molecule has 2 aromatic heterocycles. The van der Waals surface area contributed by atoms with E-state index >= 15 is 0 Å². The van der Waals surface area contributed by atoms with Gasteiger partial charge < -0.3 is 5.32 Å². The summed E-state index contributed by atoms with van der Waals surface area (Å²) in [4.78, 5) is 11.7. The monoisotopic (exact) mass is 279 g/mol. The molecule has 0 unspecified atom stereocenters. The number of nitrogens with one attached hydrogen (secondary N) is 2. The van der Waals surface area contributed by atoms with Crippen molar-refractivity contribution < 1.29 is 8.42 Å². The van der Waals surface area contributed by atoms with Crippen molar-refractivity contribution in [2.45, 2.75) is 11.8 Å². The highest BCUT2D eigenvalue weighted by molar-refractivity contribution is 7.92. The lowest BCUT2D eigenvalue weighted by Gasteiger charge is -2.07. The zero-order valence-electron chi connectivity index (χ0n) is 10.2. The molecule has 2 rings (SSSR count). The lowest BCUT2D eigenvalue weighted by molar-refractivity contribution is 0.600. The summed E-state index contributed by atoms with van der Waals surface area (Å²) >= 11 is 0. The Balaban J connectivity index is 2.20. The summed E-state index contributed by atoms with van der Waals surface area (Å²) in [7, 11) is -3.68. The molecular formula is C11H13N5O2S. The first-order valence-electron chi connectivity index (χ1n) is 5.60. The van der Waals surface area contributed by atoms with E-state index in [2.05, 4.69) is 25.0 Å². The Hall–Kier alpha value is -2.22. The zero-order chi connectivity index (χ0) is 13.7. The topological polar surface area (TPSA) is 96.9 Å². The molecule has 19 heavy (non-hydrogen) atoms. The average molecular weight is 279 g/mol. The van der Waals surface area contributed by atoms with Gasteiger partial charge in [-0.25, -0.2) is 18.4 Å². The molecule has 8 heteroatoms. The van der Waals surface area contributed by atoms with E-state index in [9.17, 15) is 8.42 Å². The molecule has 0 saturated carbocycles. The molecule has 0 aliphatic carbocycles. The predicted octanol–water partition coefficient (Wildman–Crippen LogP) is 1.10. The highest BCUT2D eigenvalue weighted by Crippen LogP contribution is 2.13. The average Bonchev–Trinajstić information content (AvgIpc) is 2.40. The number of pyridine rings is 1. The fourth-order valence-electron chi connectivity index (χ4n) is 1.34. The van der Waals surface area contributed by atoms with Crippen molar-refractivity contribution >= 4 is 21.7 Å². The van der Waals surface area contributed by atoms with E-state index in [1.54, 1.807) is 12.1 Å². The lowest BCUT2D eigenvalue weighted by Crippen LogP contribution is -2.14. The molecule has 7 nitrogen and oxygen atoms in total. The Morgan fingerprint density at radius 1 is 1.16 bits per heavy atom. The predicted molar refractivity (Wildman–Crippen MR) is 71.2 cm³/mol. The summed E-state index contributed by atoms with van der Waals surface area (Å²) in [6.07, 6.45) is 5.52. The molecule has 0 radical (unpaired) electrons. The summed E-state index contributed by atoms with van der Waals surface area (Å²) in [5, 5.41) is 2.89.